The predicted octanol–water partition coefficient (Wildman–Crippen LogP) is 6.18. The summed E-state index contributed by atoms with van der Waals surface area (Å²) in [7, 11) is 0. The standard InChI is InChI=1S/C21H19F3N2O2S2/c22-21(23,24)15-5-1-6-16(13-15)29-12-4-8-18-19(9-2-10-25-18)28-20(27)26-14-17-7-3-11-30-17/h1-3,5-7,9-11,13H,4,8,12,14H2,(H,26,27). The van der Waals surface area contributed by atoms with E-state index in [0.29, 0.717) is 41.5 Å². The Hall–Kier alpha value is -2.52. The lowest BCUT2D eigenvalue weighted by molar-refractivity contribution is -0.137. The molecule has 3 aromatic rings. The number of nitrogens with one attached hydrogen (secondary N) is 1. The number of aryl methyl sites for hydroxylation is 1. The van der Waals surface area contributed by atoms with Gasteiger partial charge in [-0.1, -0.05) is 12.1 Å². The quantitative estimate of drug-likeness (QED) is 0.328. The van der Waals surface area contributed by atoms with Gasteiger partial charge in [-0.2, -0.15) is 13.2 Å². The van der Waals surface area contributed by atoms with Gasteiger partial charge in [0, 0.05) is 16.0 Å². The lowest BCUT2D eigenvalue weighted by Gasteiger charge is -2.10. The minimum Gasteiger partial charge on any atom is -0.408 e. The summed E-state index contributed by atoms with van der Waals surface area (Å²) < 4.78 is 43.8. The zero-order valence-corrected chi connectivity index (χ0v) is 17.4. The van der Waals surface area contributed by atoms with E-state index in [4.69, 9.17) is 4.74 Å². The molecule has 9 heteroatoms. The number of nitrogens with zero attached hydrogens (tertiary/aromatic N) is 1. The second-order valence-corrected chi connectivity index (χ2v) is 8.45. The van der Waals surface area contributed by atoms with E-state index in [2.05, 4.69) is 10.3 Å². The van der Waals surface area contributed by atoms with Crippen molar-refractivity contribution in [2.75, 3.05) is 5.75 Å². The number of carbonyl (C=O) groups excluding carboxylic acids is 1. The van der Waals surface area contributed by atoms with Gasteiger partial charge < -0.3 is 10.1 Å². The third kappa shape index (κ3) is 6.77. The van der Waals surface area contributed by atoms with Crippen LogP contribution in [0.4, 0.5) is 18.0 Å². The van der Waals surface area contributed by atoms with Crippen LogP contribution in [0, 0.1) is 0 Å². The van der Waals surface area contributed by atoms with Crippen molar-refractivity contribution in [2.45, 2.75) is 30.5 Å². The average molecular weight is 453 g/mol. The highest BCUT2D eigenvalue weighted by Crippen LogP contribution is 2.32. The molecule has 1 aromatic carbocycles. The lowest BCUT2D eigenvalue weighted by atomic mass is 10.2. The van der Waals surface area contributed by atoms with E-state index in [9.17, 15) is 18.0 Å². The van der Waals surface area contributed by atoms with Gasteiger partial charge in [-0.15, -0.1) is 23.1 Å². The number of benzene rings is 1. The number of pyridine rings is 1. The summed E-state index contributed by atoms with van der Waals surface area (Å²) in [5.74, 6) is 0.993. The second-order valence-electron chi connectivity index (χ2n) is 6.25. The van der Waals surface area contributed by atoms with E-state index in [1.54, 1.807) is 35.7 Å². The van der Waals surface area contributed by atoms with Gasteiger partial charge in [0.15, 0.2) is 5.75 Å². The van der Waals surface area contributed by atoms with Crippen molar-refractivity contribution < 1.29 is 22.7 Å². The van der Waals surface area contributed by atoms with Crippen molar-refractivity contribution in [3.05, 3.63) is 76.2 Å². The van der Waals surface area contributed by atoms with Gasteiger partial charge in [0.25, 0.3) is 0 Å². The summed E-state index contributed by atoms with van der Waals surface area (Å²) >= 11 is 2.89. The normalized spacial score (nSPS) is 11.3. The molecule has 4 nitrogen and oxygen atoms in total. The van der Waals surface area contributed by atoms with Gasteiger partial charge in [-0.05, 0) is 60.4 Å². The van der Waals surface area contributed by atoms with E-state index >= 15 is 0 Å². The van der Waals surface area contributed by atoms with Crippen LogP contribution in [0.3, 0.4) is 0 Å². The monoisotopic (exact) mass is 452 g/mol. The van der Waals surface area contributed by atoms with E-state index in [0.717, 1.165) is 17.0 Å². The number of aromatic nitrogens is 1. The fourth-order valence-electron chi connectivity index (χ4n) is 2.60. The highest BCUT2D eigenvalue weighted by molar-refractivity contribution is 7.99. The fourth-order valence-corrected chi connectivity index (χ4v) is 4.16. The third-order valence-corrected chi connectivity index (χ3v) is 5.98. The van der Waals surface area contributed by atoms with E-state index in [-0.39, 0.29) is 0 Å². The maximum Gasteiger partial charge on any atom is 0.416 e. The molecule has 2 heterocycles. The molecule has 1 N–H and O–H groups in total. The van der Waals surface area contributed by atoms with Crippen molar-refractivity contribution in [1.82, 2.24) is 10.3 Å². The van der Waals surface area contributed by atoms with Gasteiger partial charge in [0.1, 0.15) is 0 Å². The van der Waals surface area contributed by atoms with Crippen LogP contribution in [0.15, 0.2) is 65.0 Å². The Balaban J connectivity index is 1.48. The average Bonchev–Trinajstić information content (AvgIpc) is 3.24. The molecule has 3 rings (SSSR count). The molecule has 0 radical (unpaired) electrons. The van der Waals surface area contributed by atoms with Gasteiger partial charge >= 0.3 is 12.3 Å². The number of thiophene rings is 1. The molecule has 1 amide bonds. The van der Waals surface area contributed by atoms with Crippen LogP contribution in [0.25, 0.3) is 0 Å². The van der Waals surface area contributed by atoms with E-state index in [1.807, 2.05) is 17.5 Å². The number of halogens is 3. The van der Waals surface area contributed by atoms with Crippen LogP contribution in [-0.2, 0) is 19.1 Å². The van der Waals surface area contributed by atoms with E-state index in [1.165, 1.54) is 17.8 Å². The molecule has 0 saturated carbocycles. The van der Waals surface area contributed by atoms with Crippen molar-refractivity contribution in [1.29, 1.82) is 0 Å². The summed E-state index contributed by atoms with van der Waals surface area (Å²) in [6, 6.07) is 12.5. The summed E-state index contributed by atoms with van der Waals surface area (Å²) in [5, 5.41) is 4.62. The van der Waals surface area contributed by atoms with Crippen LogP contribution in [0.5, 0.6) is 5.75 Å². The first-order valence-corrected chi connectivity index (χ1v) is 11.0. The molecule has 0 bridgehead atoms. The molecular formula is C21H19F3N2O2S2. The summed E-state index contributed by atoms with van der Waals surface area (Å²) in [6.45, 7) is 0.389. The Morgan fingerprint density at radius 2 is 2.03 bits per heavy atom. The van der Waals surface area contributed by atoms with Gasteiger partial charge in [0.2, 0.25) is 0 Å². The molecule has 0 aliphatic rings. The van der Waals surface area contributed by atoms with Crippen LogP contribution in [-0.4, -0.2) is 16.8 Å². The first-order chi connectivity index (χ1) is 14.4. The third-order valence-electron chi connectivity index (χ3n) is 4.03. The Bertz CT molecular complexity index is 963. The zero-order valence-electron chi connectivity index (χ0n) is 15.8. The number of rotatable bonds is 8. The number of alkyl halides is 3. The smallest absolute Gasteiger partial charge is 0.408 e. The van der Waals surface area contributed by atoms with Crippen molar-refractivity contribution in [3.63, 3.8) is 0 Å². The molecule has 30 heavy (non-hydrogen) atoms. The zero-order chi connectivity index (χ0) is 21.4. The highest BCUT2D eigenvalue weighted by Gasteiger charge is 2.30. The Morgan fingerprint density at radius 3 is 2.80 bits per heavy atom. The summed E-state index contributed by atoms with van der Waals surface area (Å²) in [6.07, 6.45) is -2.08. The SMILES string of the molecule is O=C(NCc1cccs1)Oc1cccnc1CCCSc1cccc(C(F)(F)F)c1. The van der Waals surface area contributed by atoms with Crippen LogP contribution < -0.4 is 10.1 Å². The maximum absolute atomic E-state index is 12.8. The fraction of sp³-hybridized carbons (Fsp3) is 0.238. The number of thioether (sulfide) groups is 1. The minimum atomic E-state index is -4.35. The summed E-state index contributed by atoms with van der Waals surface area (Å²) in [5.41, 5.74) is -0.0186. The van der Waals surface area contributed by atoms with Gasteiger partial charge in [-0.25, -0.2) is 4.79 Å². The molecule has 158 valence electrons. The van der Waals surface area contributed by atoms with Crippen molar-refractivity contribution in [3.8, 4) is 5.75 Å². The van der Waals surface area contributed by atoms with Crippen LogP contribution >= 0.6 is 23.1 Å². The first kappa shape index (κ1) is 22.2. The first-order valence-electron chi connectivity index (χ1n) is 9.14. The molecule has 0 aliphatic carbocycles. The maximum atomic E-state index is 12.8. The molecular weight excluding hydrogens is 433 g/mol. The summed E-state index contributed by atoms with van der Waals surface area (Å²) in [4.78, 5) is 17.9. The predicted molar refractivity (Wildman–Crippen MR) is 112 cm³/mol. The largest absolute Gasteiger partial charge is 0.416 e. The molecule has 0 fully saturated rings. The Morgan fingerprint density at radius 1 is 1.17 bits per heavy atom. The minimum absolute atomic E-state index is 0.380. The number of amides is 1. The lowest BCUT2D eigenvalue weighted by Crippen LogP contribution is -2.26. The molecule has 0 spiro atoms. The van der Waals surface area contributed by atoms with Crippen molar-refractivity contribution in [2.24, 2.45) is 0 Å². The molecule has 0 unspecified atom stereocenters. The van der Waals surface area contributed by atoms with Gasteiger partial charge in [0.05, 0.1) is 17.8 Å². The van der Waals surface area contributed by atoms with Crippen molar-refractivity contribution >= 4 is 29.2 Å². The number of hydrogen-bond acceptors (Lipinski definition) is 5. The second kappa shape index (κ2) is 10.5. The topological polar surface area (TPSA) is 51.2 Å². The molecule has 0 saturated heterocycles. The van der Waals surface area contributed by atoms with Gasteiger partial charge in [-0.3, -0.25) is 4.98 Å². The Kier molecular flexibility index (Phi) is 7.75. The number of ether oxygens (including phenoxy) is 1. The molecule has 0 atom stereocenters. The Labute approximate surface area is 180 Å². The molecule has 0 aliphatic heterocycles. The number of hydrogen-bond donors (Lipinski definition) is 1. The highest BCUT2D eigenvalue weighted by atomic mass is 32.2. The van der Waals surface area contributed by atoms with Crippen LogP contribution in [0.1, 0.15) is 22.6 Å². The number of carbonyl (C=O) groups is 1. The van der Waals surface area contributed by atoms with Crippen LogP contribution in [0.2, 0.25) is 0 Å². The van der Waals surface area contributed by atoms with E-state index < -0.39 is 17.8 Å². The molecule has 2 aromatic heterocycles.